The Morgan fingerprint density at radius 3 is 3.00 bits per heavy atom. The Morgan fingerprint density at radius 1 is 1.71 bits per heavy atom. The monoisotopic (exact) mass is 199 g/mol. The number of rotatable bonds is 3. The quantitative estimate of drug-likeness (QED) is 0.511. The maximum absolute atomic E-state index is 13.1. The van der Waals surface area contributed by atoms with Crippen molar-refractivity contribution in [3.8, 4) is 0 Å². The first-order valence-corrected chi connectivity index (χ1v) is 4.45. The van der Waals surface area contributed by atoms with Gasteiger partial charge in [-0.3, -0.25) is 4.79 Å². The van der Waals surface area contributed by atoms with Crippen LogP contribution in [0.3, 0.4) is 0 Å². The molecule has 0 saturated carbocycles. The summed E-state index contributed by atoms with van der Waals surface area (Å²) < 4.78 is 17.6. The molecular weight excluding hydrogens is 185 g/mol. The Kier molecular flexibility index (Phi) is 3.68. The summed E-state index contributed by atoms with van der Waals surface area (Å²) in [7, 11) is 3.01. The molecule has 0 aliphatic carbocycles. The van der Waals surface area contributed by atoms with Crippen LogP contribution in [-0.4, -0.2) is 31.3 Å². The number of halogens is 1. The van der Waals surface area contributed by atoms with Crippen molar-refractivity contribution < 1.29 is 13.9 Å². The minimum absolute atomic E-state index is 0.270. The first kappa shape index (κ1) is 10.8. The van der Waals surface area contributed by atoms with Crippen molar-refractivity contribution in [2.45, 2.75) is 19.1 Å². The zero-order valence-corrected chi connectivity index (χ0v) is 8.37. The predicted octanol–water partition coefficient (Wildman–Crippen LogP) is 1.62. The van der Waals surface area contributed by atoms with Crippen LogP contribution in [-0.2, 0) is 9.53 Å². The fraction of sp³-hybridized carbons (Fsp3) is 0.500. The molecule has 0 saturated heterocycles. The molecule has 14 heavy (non-hydrogen) atoms. The van der Waals surface area contributed by atoms with E-state index in [2.05, 4.69) is 4.74 Å². The van der Waals surface area contributed by atoms with E-state index in [1.165, 1.54) is 18.1 Å². The zero-order chi connectivity index (χ0) is 10.6. The highest BCUT2D eigenvalue weighted by molar-refractivity contribution is 5.69. The molecule has 0 bridgehead atoms. The summed E-state index contributed by atoms with van der Waals surface area (Å²) in [5, 5.41) is 0. The summed E-state index contributed by atoms with van der Waals surface area (Å²) in [6.45, 7) is 0. The van der Waals surface area contributed by atoms with Gasteiger partial charge in [0.1, 0.15) is 0 Å². The second kappa shape index (κ2) is 4.79. The highest BCUT2D eigenvalue weighted by Crippen LogP contribution is 2.17. The van der Waals surface area contributed by atoms with Crippen molar-refractivity contribution in [1.29, 1.82) is 0 Å². The van der Waals surface area contributed by atoms with E-state index in [0.29, 0.717) is 12.8 Å². The van der Waals surface area contributed by atoms with Crippen LogP contribution in [0.4, 0.5) is 4.39 Å². The molecule has 0 aromatic rings. The lowest BCUT2D eigenvalue weighted by Gasteiger charge is -2.21. The van der Waals surface area contributed by atoms with E-state index in [1.54, 1.807) is 19.3 Å². The number of carbonyl (C=O) groups excluding carboxylic acids is 1. The molecule has 1 aliphatic heterocycles. The smallest absolute Gasteiger partial charge is 0.305 e. The van der Waals surface area contributed by atoms with Crippen molar-refractivity contribution in [2.75, 3.05) is 14.2 Å². The van der Waals surface area contributed by atoms with E-state index in [0.717, 1.165) is 5.57 Å². The van der Waals surface area contributed by atoms with E-state index in [4.69, 9.17) is 0 Å². The topological polar surface area (TPSA) is 29.5 Å². The summed E-state index contributed by atoms with van der Waals surface area (Å²) in [4.78, 5) is 12.3. The number of carbonyl (C=O) groups is 1. The van der Waals surface area contributed by atoms with Crippen LogP contribution < -0.4 is 0 Å². The molecule has 78 valence electrons. The van der Waals surface area contributed by atoms with Gasteiger partial charge in [-0.05, 0) is 24.1 Å². The Balaban J connectivity index is 2.43. The molecule has 0 spiro atoms. The molecule has 1 aliphatic rings. The van der Waals surface area contributed by atoms with Gasteiger partial charge in [0.05, 0.1) is 7.11 Å². The number of hydrogen-bond donors (Lipinski definition) is 0. The minimum atomic E-state index is -1.09. The molecule has 4 heteroatoms. The van der Waals surface area contributed by atoms with E-state index in [-0.39, 0.29) is 5.97 Å². The normalized spacial score (nSPS) is 20.6. The summed E-state index contributed by atoms with van der Waals surface area (Å²) in [5.74, 6) is -0.270. The first-order valence-electron chi connectivity index (χ1n) is 4.45. The lowest BCUT2D eigenvalue weighted by atomic mass is 10.1. The second-order valence-electron chi connectivity index (χ2n) is 3.17. The lowest BCUT2D eigenvalue weighted by Crippen LogP contribution is -2.23. The molecule has 1 rings (SSSR count). The lowest BCUT2D eigenvalue weighted by molar-refractivity contribution is -0.140. The molecule has 0 fully saturated rings. The van der Waals surface area contributed by atoms with Crippen molar-refractivity contribution in [3.63, 3.8) is 0 Å². The van der Waals surface area contributed by atoms with Crippen LogP contribution in [0.15, 0.2) is 23.9 Å². The average Bonchev–Trinajstić information content (AvgIpc) is 2.19. The molecular formula is C10H14FNO2. The second-order valence-corrected chi connectivity index (χ2v) is 3.17. The average molecular weight is 199 g/mol. The molecule has 3 nitrogen and oxygen atoms in total. The summed E-state index contributed by atoms with van der Waals surface area (Å²) in [5.41, 5.74) is 0.834. The molecule has 1 atom stereocenters. The van der Waals surface area contributed by atoms with Crippen LogP contribution in [0.25, 0.3) is 0 Å². The Hall–Kier alpha value is -1.32. The Bertz CT molecular complexity index is 273. The van der Waals surface area contributed by atoms with E-state index < -0.39 is 6.30 Å². The molecule has 0 N–H and O–H groups in total. The van der Waals surface area contributed by atoms with Gasteiger partial charge in [-0.2, -0.15) is 0 Å². The van der Waals surface area contributed by atoms with Gasteiger partial charge in [-0.15, -0.1) is 0 Å². The summed E-state index contributed by atoms with van der Waals surface area (Å²) >= 11 is 0. The van der Waals surface area contributed by atoms with Crippen molar-refractivity contribution in [1.82, 2.24) is 4.90 Å². The van der Waals surface area contributed by atoms with Crippen molar-refractivity contribution in [2.24, 2.45) is 0 Å². The minimum Gasteiger partial charge on any atom is -0.469 e. The van der Waals surface area contributed by atoms with Gasteiger partial charge >= 0.3 is 5.97 Å². The maximum atomic E-state index is 13.1. The zero-order valence-electron chi connectivity index (χ0n) is 8.37. The third-order valence-electron chi connectivity index (χ3n) is 2.11. The van der Waals surface area contributed by atoms with Crippen LogP contribution in [0, 0.1) is 0 Å². The number of allylic oxidation sites excluding steroid dienone is 2. The first-order chi connectivity index (χ1) is 6.63. The highest BCUT2D eigenvalue weighted by Gasteiger charge is 2.12. The largest absolute Gasteiger partial charge is 0.469 e. The molecule has 0 amide bonds. The van der Waals surface area contributed by atoms with Gasteiger partial charge in [-0.1, -0.05) is 0 Å². The van der Waals surface area contributed by atoms with Crippen LogP contribution in [0.5, 0.6) is 0 Å². The molecule has 0 aromatic heterocycles. The van der Waals surface area contributed by atoms with Crippen molar-refractivity contribution >= 4 is 5.97 Å². The van der Waals surface area contributed by atoms with Crippen LogP contribution >= 0.6 is 0 Å². The van der Waals surface area contributed by atoms with Crippen LogP contribution in [0.2, 0.25) is 0 Å². The Morgan fingerprint density at radius 2 is 2.43 bits per heavy atom. The number of hydrogen-bond acceptors (Lipinski definition) is 3. The number of methoxy groups -OCH3 is 1. The molecule has 0 radical (unpaired) electrons. The standard InChI is InChI=1S/C10H14FNO2/c1-12-6-5-8(7-9(12)11)3-4-10(13)14-2/h5-7,9H,3-4H2,1-2H3. The van der Waals surface area contributed by atoms with Crippen LogP contribution in [0.1, 0.15) is 12.8 Å². The molecule has 1 heterocycles. The predicted molar refractivity (Wildman–Crippen MR) is 51.1 cm³/mol. The maximum Gasteiger partial charge on any atom is 0.305 e. The van der Waals surface area contributed by atoms with Crippen molar-refractivity contribution in [3.05, 3.63) is 23.9 Å². The van der Waals surface area contributed by atoms with Gasteiger partial charge < -0.3 is 9.64 Å². The highest BCUT2D eigenvalue weighted by atomic mass is 19.1. The van der Waals surface area contributed by atoms with Gasteiger partial charge in [0.25, 0.3) is 0 Å². The molecule has 0 aromatic carbocycles. The van der Waals surface area contributed by atoms with Gasteiger partial charge in [0.15, 0.2) is 6.30 Å². The van der Waals surface area contributed by atoms with Gasteiger partial charge in [-0.25, -0.2) is 4.39 Å². The van der Waals surface area contributed by atoms with E-state index in [9.17, 15) is 9.18 Å². The fourth-order valence-electron chi connectivity index (χ4n) is 1.16. The summed E-state index contributed by atoms with van der Waals surface area (Å²) in [6, 6.07) is 0. The van der Waals surface area contributed by atoms with E-state index in [1.807, 2.05) is 0 Å². The SMILES string of the molecule is COC(=O)CCC1=CC(F)N(C)C=C1. The number of alkyl halides is 1. The molecule has 1 unspecified atom stereocenters. The number of likely N-dealkylation sites (N-methyl/N-ethyl adjacent to an activating group) is 1. The number of nitrogens with zero attached hydrogens (tertiary/aromatic N) is 1. The number of ether oxygens (including phenoxy) is 1. The van der Waals surface area contributed by atoms with Gasteiger partial charge in [0.2, 0.25) is 0 Å². The fourth-order valence-corrected chi connectivity index (χ4v) is 1.16. The van der Waals surface area contributed by atoms with E-state index >= 15 is 0 Å². The number of esters is 1. The third kappa shape index (κ3) is 2.87. The summed E-state index contributed by atoms with van der Waals surface area (Å²) in [6.07, 6.45) is 4.70. The third-order valence-corrected chi connectivity index (χ3v) is 2.11. The Labute approximate surface area is 82.8 Å². The van der Waals surface area contributed by atoms with Gasteiger partial charge in [0, 0.05) is 19.7 Å².